The largest absolute Gasteiger partial charge is 0.339 e. The molecule has 1 aromatic rings. The van der Waals surface area contributed by atoms with Gasteiger partial charge in [-0.05, 0) is 56.2 Å². The highest BCUT2D eigenvalue weighted by Crippen LogP contribution is 2.38. The van der Waals surface area contributed by atoms with E-state index in [1.54, 1.807) is 12.4 Å². The molecule has 2 fully saturated rings. The summed E-state index contributed by atoms with van der Waals surface area (Å²) in [6.45, 7) is 0.784. The van der Waals surface area contributed by atoms with E-state index in [-0.39, 0.29) is 30.7 Å². The molecular formula is C18H24F2N2O. The Morgan fingerprint density at radius 3 is 2.61 bits per heavy atom. The minimum atomic E-state index is -2.57. The fraction of sp³-hybridized carbons (Fsp3) is 0.667. The number of halogens is 2. The molecule has 3 rings (SSSR count). The third-order valence-corrected chi connectivity index (χ3v) is 5.24. The molecule has 0 aromatic carbocycles. The summed E-state index contributed by atoms with van der Waals surface area (Å²) < 4.78 is 26.5. The summed E-state index contributed by atoms with van der Waals surface area (Å²) in [5.74, 6) is -2.66. The van der Waals surface area contributed by atoms with Crippen molar-refractivity contribution in [2.75, 3.05) is 6.54 Å². The van der Waals surface area contributed by atoms with E-state index >= 15 is 0 Å². The van der Waals surface area contributed by atoms with Gasteiger partial charge in [0.1, 0.15) is 0 Å². The third kappa shape index (κ3) is 4.06. The average Bonchev–Trinajstić information content (AvgIpc) is 3.02. The lowest BCUT2D eigenvalue weighted by atomic mass is 9.85. The predicted octanol–water partition coefficient (Wildman–Crippen LogP) is 3.83. The zero-order chi connectivity index (χ0) is 16.3. The normalized spacial score (nSPS) is 24.8. The molecule has 3 nitrogen and oxygen atoms in total. The average molecular weight is 322 g/mol. The van der Waals surface area contributed by atoms with E-state index in [4.69, 9.17) is 0 Å². The Bertz CT molecular complexity index is 525. The molecule has 1 saturated carbocycles. The maximum absolute atomic E-state index is 13.3. The van der Waals surface area contributed by atoms with E-state index in [9.17, 15) is 13.6 Å². The molecule has 1 saturated heterocycles. The van der Waals surface area contributed by atoms with Crippen LogP contribution in [0.1, 0.15) is 50.5 Å². The van der Waals surface area contributed by atoms with Crippen molar-refractivity contribution in [2.24, 2.45) is 5.92 Å². The van der Waals surface area contributed by atoms with Gasteiger partial charge in [-0.3, -0.25) is 9.78 Å². The van der Waals surface area contributed by atoms with Gasteiger partial charge < -0.3 is 4.90 Å². The molecule has 0 spiro atoms. The highest BCUT2D eigenvalue weighted by molar-refractivity contribution is 5.79. The number of nitrogens with zero attached hydrogens (tertiary/aromatic N) is 2. The first kappa shape index (κ1) is 16.3. The first-order chi connectivity index (χ1) is 11.1. The van der Waals surface area contributed by atoms with Gasteiger partial charge in [-0.2, -0.15) is 0 Å². The number of alkyl halides is 2. The summed E-state index contributed by atoms with van der Waals surface area (Å²) in [5.41, 5.74) is 1.23. The van der Waals surface area contributed by atoms with Gasteiger partial charge in [0.05, 0.1) is 0 Å². The maximum Gasteiger partial charge on any atom is 0.248 e. The number of carbonyl (C=O) groups excluding carboxylic acids is 1. The third-order valence-electron chi connectivity index (χ3n) is 5.24. The number of aryl methyl sites for hydroxylation is 1. The molecule has 2 aliphatic rings. The number of carbonyl (C=O) groups is 1. The molecule has 1 aliphatic heterocycles. The van der Waals surface area contributed by atoms with Gasteiger partial charge in [-0.15, -0.1) is 0 Å². The SMILES string of the molecule is O=C(C1CCC(F)(F)CC1)N1CCC[C@@H]1CCc1ccncc1. The Morgan fingerprint density at radius 1 is 1.22 bits per heavy atom. The van der Waals surface area contributed by atoms with Gasteiger partial charge in [0.25, 0.3) is 0 Å². The van der Waals surface area contributed by atoms with Crippen LogP contribution in [0.25, 0.3) is 0 Å². The number of pyridine rings is 1. The van der Waals surface area contributed by atoms with Crippen LogP contribution in [0.4, 0.5) is 8.78 Å². The van der Waals surface area contributed by atoms with E-state index in [1.165, 1.54) is 5.56 Å². The second-order valence-electron chi connectivity index (χ2n) is 6.85. The summed E-state index contributed by atoms with van der Waals surface area (Å²) in [4.78, 5) is 18.7. The molecule has 1 atom stereocenters. The topological polar surface area (TPSA) is 33.2 Å². The van der Waals surface area contributed by atoms with Crippen LogP contribution in [0, 0.1) is 5.92 Å². The van der Waals surface area contributed by atoms with E-state index < -0.39 is 5.92 Å². The van der Waals surface area contributed by atoms with Crippen molar-refractivity contribution in [3.05, 3.63) is 30.1 Å². The molecule has 0 N–H and O–H groups in total. The number of likely N-dealkylation sites (tertiary alicyclic amines) is 1. The first-order valence-electron chi connectivity index (χ1n) is 8.62. The van der Waals surface area contributed by atoms with Crippen LogP contribution < -0.4 is 0 Å². The van der Waals surface area contributed by atoms with Crippen LogP contribution in [-0.4, -0.2) is 34.3 Å². The van der Waals surface area contributed by atoms with Crippen molar-refractivity contribution in [1.82, 2.24) is 9.88 Å². The lowest BCUT2D eigenvalue weighted by molar-refractivity contribution is -0.140. The Balaban J connectivity index is 1.55. The summed E-state index contributed by atoms with van der Waals surface area (Å²) in [5, 5.41) is 0. The van der Waals surface area contributed by atoms with Crippen molar-refractivity contribution >= 4 is 5.91 Å². The first-order valence-corrected chi connectivity index (χ1v) is 8.62. The molecule has 1 aliphatic carbocycles. The molecule has 2 heterocycles. The van der Waals surface area contributed by atoms with Gasteiger partial charge in [-0.25, -0.2) is 8.78 Å². The Morgan fingerprint density at radius 2 is 1.91 bits per heavy atom. The van der Waals surface area contributed by atoms with Gasteiger partial charge in [0.15, 0.2) is 0 Å². The highest BCUT2D eigenvalue weighted by atomic mass is 19.3. The fourth-order valence-corrected chi connectivity index (χ4v) is 3.83. The Labute approximate surface area is 136 Å². The number of amides is 1. The lowest BCUT2D eigenvalue weighted by Gasteiger charge is -2.33. The van der Waals surface area contributed by atoms with E-state index in [1.807, 2.05) is 17.0 Å². The molecule has 0 unspecified atom stereocenters. The van der Waals surface area contributed by atoms with Crippen molar-refractivity contribution in [2.45, 2.75) is 63.3 Å². The molecule has 1 aromatic heterocycles. The van der Waals surface area contributed by atoms with Crippen molar-refractivity contribution in [1.29, 1.82) is 0 Å². The Hall–Kier alpha value is -1.52. The molecular weight excluding hydrogens is 298 g/mol. The van der Waals surface area contributed by atoms with E-state index in [0.717, 1.165) is 32.2 Å². The monoisotopic (exact) mass is 322 g/mol. The van der Waals surface area contributed by atoms with Crippen molar-refractivity contribution in [3.8, 4) is 0 Å². The van der Waals surface area contributed by atoms with Gasteiger partial charge in [-0.1, -0.05) is 0 Å². The smallest absolute Gasteiger partial charge is 0.248 e. The second kappa shape index (κ2) is 6.93. The van der Waals surface area contributed by atoms with E-state index in [0.29, 0.717) is 12.8 Å². The number of hydrogen-bond acceptors (Lipinski definition) is 2. The zero-order valence-electron chi connectivity index (χ0n) is 13.4. The van der Waals surface area contributed by atoms with Crippen molar-refractivity contribution in [3.63, 3.8) is 0 Å². The molecule has 5 heteroatoms. The summed E-state index contributed by atoms with van der Waals surface area (Å²) in [7, 11) is 0. The van der Waals surface area contributed by atoms with Crippen LogP contribution in [0.3, 0.4) is 0 Å². The van der Waals surface area contributed by atoms with Gasteiger partial charge in [0.2, 0.25) is 11.8 Å². The predicted molar refractivity (Wildman–Crippen MR) is 84.2 cm³/mol. The fourth-order valence-electron chi connectivity index (χ4n) is 3.83. The van der Waals surface area contributed by atoms with Crippen LogP contribution in [0.5, 0.6) is 0 Å². The summed E-state index contributed by atoms with van der Waals surface area (Å²) in [6, 6.07) is 4.27. The quantitative estimate of drug-likeness (QED) is 0.844. The summed E-state index contributed by atoms with van der Waals surface area (Å²) >= 11 is 0. The van der Waals surface area contributed by atoms with Crippen LogP contribution in [-0.2, 0) is 11.2 Å². The van der Waals surface area contributed by atoms with Crippen LogP contribution in [0.2, 0.25) is 0 Å². The number of rotatable bonds is 4. The highest BCUT2D eigenvalue weighted by Gasteiger charge is 2.40. The second-order valence-corrected chi connectivity index (χ2v) is 6.85. The number of hydrogen-bond donors (Lipinski definition) is 0. The number of aromatic nitrogens is 1. The van der Waals surface area contributed by atoms with Gasteiger partial charge >= 0.3 is 0 Å². The summed E-state index contributed by atoms with van der Waals surface area (Å²) in [6.07, 6.45) is 7.88. The standard InChI is InChI=1S/C18H24F2N2O/c19-18(20)9-5-15(6-10-18)17(23)22-13-1-2-16(22)4-3-14-7-11-21-12-8-14/h7-8,11-12,15-16H,1-6,9-10,13H2/t16-/m1/s1. The Kier molecular flexibility index (Phi) is 4.93. The van der Waals surface area contributed by atoms with Crippen molar-refractivity contribution < 1.29 is 13.6 Å². The molecule has 0 radical (unpaired) electrons. The molecule has 1 amide bonds. The molecule has 23 heavy (non-hydrogen) atoms. The van der Waals surface area contributed by atoms with Gasteiger partial charge in [0, 0.05) is 43.7 Å². The minimum Gasteiger partial charge on any atom is -0.339 e. The van der Waals surface area contributed by atoms with Crippen LogP contribution >= 0.6 is 0 Å². The lowest BCUT2D eigenvalue weighted by Crippen LogP contribution is -2.42. The van der Waals surface area contributed by atoms with Crippen LogP contribution in [0.15, 0.2) is 24.5 Å². The zero-order valence-corrected chi connectivity index (χ0v) is 13.4. The molecule has 126 valence electrons. The molecule has 0 bridgehead atoms. The minimum absolute atomic E-state index is 0.109. The van der Waals surface area contributed by atoms with E-state index in [2.05, 4.69) is 4.98 Å². The maximum atomic E-state index is 13.3.